The van der Waals surface area contributed by atoms with Gasteiger partial charge in [-0.05, 0) is 136 Å². The van der Waals surface area contributed by atoms with Gasteiger partial charge in [-0.25, -0.2) is 42.5 Å². The summed E-state index contributed by atoms with van der Waals surface area (Å²) in [4.78, 5) is 56.9. The number of aromatic nitrogens is 6. The van der Waals surface area contributed by atoms with Crippen molar-refractivity contribution in [3.63, 3.8) is 0 Å². The van der Waals surface area contributed by atoms with E-state index in [0.717, 1.165) is 21.9 Å². The first-order valence-corrected chi connectivity index (χ1v) is 31.4. The predicted molar refractivity (Wildman–Crippen MR) is 344 cm³/mol. The summed E-state index contributed by atoms with van der Waals surface area (Å²) in [6.07, 6.45) is 0.495. The van der Waals surface area contributed by atoms with Crippen molar-refractivity contribution in [2.45, 2.75) is 6.54 Å². The van der Waals surface area contributed by atoms with Gasteiger partial charge in [-0.1, -0.05) is 139 Å². The number of benzene rings is 9. The number of para-hydroxylation sites is 4. The van der Waals surface area contributed by atoms with Gasteiger partial charge in [0.05, 0.1) is 49.8 Å². The molecule has 0 aliphatic carbocycles. The number of nitrogen functional groups attached to an aromatic ring is 1. The molecule has 1 amide bonds. The van der Waals surface area contributed by atoms with Gasteiger partial charge < -0.3 is 23.2 Å². The minimum Gasteiger partial charge on any atom is -1.00 e. The van der Waals surface area contributed by atoms with Crippen LogP contribution in [-0.2, 0) is 21.7 Å². The topological polar surface area (TPSA) is 264 Å². The molecule has 0 aliphatic heterocycles. The van der Waals surface area contributed by atoms with Crippen LogP contribution in [0.15, 0.2) is 229 Å². The van der Waals surface area contributed by atoms with Crippen molar-refractivity contribution in [3.05, 3.63) is 280 Å². The number of nitrogens with zero attached hydrogens (tertiary/aromatic N) is 5. The van der Waals surface area contributed by atoms with Crippen LogP contribution in [-0.4, -0.2) is 54.7 Å². The fourth-order valence-electron chi connectivity index (χ4n) is 7.72. The third kappa shape index (κ3) is 22.7. The zero-order chi connectivity index (χ0) is 64.5. The Bertz CT molecular complexity index is 4650. The van der Waals surface area contributed by atoms with Crippen LogP contribution in [0.25, 0.3) is 66.9 Å². The van der Waals surface area contributed by atoms with Gasteiger partial charge in [0.1, 0.15) is 40.1 Å². The van der Waals surface area contributed by atoms with Gasteiger partial charge in [0.25, 0.3) is 11.5 Å². The average molecular weight is 1350 g/mol. The standard InChI is InChI=1S/C21H16FN3.C14H8ClFN2.C14H9FN2O.C7H5FO.C7H8N2O.Cl3OP.Na.O3S.H/c22-18-12-6-4-10-16(18)21-24-19-13-7-5-11-17(19)20(25-21)23-14-15-8-2-1-3-9-15;15-13-10-6-2-4-8-12(10)17-14(18-13)9-5-1-3-7-11(9)16;15-11-7-3-1-5-9(11)13-16-12-8-4-2-6-10(12)14(18)17-13;8-7-4-2-1-3-6(7)5-9;8-6-4-2-1-3-5(6)7(9)10;1-5(2,3)4;;1-4(2)3;/h1-13H,14H2,(H,23,24,25);1-8H;1-8H,(H,16,17,18);1-5H;1-4H,8H2,(H2,9,10);;;;/q;;;;;;+1;;-1. The fourth-order valence-corrected chi connectivity index (χ4v) is 7.96. The molecule has 9 aromatic carbocycles. The van der Waals surface area contributed by atoms with Crippen molar-refractivity contribution >= 4 is 118 Å². The van der Waals surface area contributed by atoms with Crippen molar-refractivity contribution in [2.75, 3.05) is 11.1 Å². The van der Waals surface area contributed by atoms with Crippen molar-refractivity contribution in [1.82, 2.24) is 29.9 Å². The minimum atomic E-state index is -3.22. The van der Waals surface area contributed by atoms with Crippen molar-refractivity contribution < 1.29 is 75.3 Å². The Balaban J connectivity index is 0.000000242. The molecule has 90 heavy (non-hydrogen) atoms. The van der Waals surface area contributed by atoms with Crippen LogP contribution < -0.4 is 51.9 Å². The minimum absolute atomic E-state index is 0. The Labute approximate surface area is 555 Å². The van der Waals surface area contributed by atoms with E-state index in [1.807, 2.05) is 78.9 Å². The SMILES string of the molecule is Fc1ccccc1-c1nc(Cl)c2ccccc2n1.Fc1ccccc1-c1nc(NCc2ccccc2)c2ccccc2n1.NC(=O)c1ccccc1N.O=Cc1ccccc1F.O=P(Cl)(Cl)Cl.O=S(=O)=O.O=c1[nH]c(-c2ccccc2F)nc2ccccc12.[H-].[Na+]. The number of hydrogen-bond acceptors (Lipinski definition) is 14. The normalized spacial score (nSPS) is 10.1. The van der Waals surface area contributed by atoms with Crippen LogP contribution in [0.1, 0.15) is 27.7 Å². The first kappa shape index (κ1) is 72.0. The summed E-state index contributed by atoms with van der Waals surface area (Å²) in [5.74, 6) is -0.411. The summed E-state index contributed by atoms with van der Waals surface area (Å²) in [5, 5.41) is 2.65. The van der Waals surface area contributed by atoms with Gasteiger partial charge in [-0.2, -0.15) is 0 Å². The van der Waals surface area contributed by atoms with E-state index in [1.165, 1.54) is 30.3 Å². The fraction of sp³-hybridized carbons (Fsp3) is 0.0159. The maximum Gasteiger partial charge on any atom is 1.00 e. The molecule has 3 heterocycles. The maximum absolute atomic E-state index is 14.2. The summed E-state index contributed by atoms with van der Waals surface area (Å²) in [7, 11) is -3.11. The van der Waals surface area contributed by atoms with Gasteiger partial charge in [0.15, 0.2) is 17.9 Å². The number of anilines is 2. The molecular formula is C63H47Cl4F4N9NaO7PS. The number of carbonyl (C=O) groups excluding carboxylic acids is 2. The quantitative estimate of drug-likeness (QED) is 0.0275. The van der Waals surface area contributed by atoms with Crippen molar-refractivity contribution in [2.24, 2.45) is 5.73 Å². The number of aldehydes is 1. The number of aromatic amines is 1. The summed E-state index contributed by atoms with van der Waals surface area (Å²) < 4.78 is 88.7. The van der Waals surface area contributed by atoms with Gasteiger partial charge in [-0.3, -0.25) is 18.9 Å². The second-order valence-electron chi connectivity index (χ2n) is 17.7. The van der Waals surface area contributed by atoms with Crippen LogP contribution in [0.3, 0.4) is 0 Å². The molecule has 0 bridgehead atoms. The number of amides is 1. The van der Waals surface area contributed by atoms with Crippen molar-refractivity contribution in [1.29, 1.82) is 0 Å². The number of primary amides is 1. The van der Waals surface area contributed by atoms with Gasteiger partial charge >= 0.3 is 45.4 Å². The predicted octanol–water partition coefficient (Wildman–Crippen LogP) is 12.8. The number of carbonyl (C=O) groups is 2. The van der Waals surface area contributed by atoms with Gasteiger partial charge in [0, 0.05) is 23.0 Å². The smallest absolute Gasteiger partial charge is 1.00 e. The molecule has 27 heteroatoms. The Morgan fingerprint density at radius 3 is 1.42 bits per heavy atom. The summed E-state index contributed by atoms with van der Waals surface area (Å²) in [6, 6.07) is 63.9. The number of H-pyrrole nitrogens is 1. The first-order chi connectivity index (χ1) is 42.6. The Morgan fingerprint density at radius 1 is 0.544 bits per heavy atom. The van der Waals surface area contributed by atoms with E-state index >= 15 is 0 Å². The zero-order valence-electron chi connectivity index (χ0n) is 47.8. The molecule has 0 fully saturated rings. The second-order valence-corrected chi connectivity index (χ2v) is 25.1. The largest absolute Gasteiger partial charge is 1.00 e. The first-order valence-electron chi connectivity index (χ1n) is 25.6. The Kier molecular flexibility index (Phi) is 28.9. The molecule has 454 valence electrons. The summed E-state index contributed by atoms with van der Waals surface area (Å²) in [5.41, 5.74) is 15.3. The van der Waals surface area contributed by atoms with Crippen LogP contribution in [0, 0.1) is 23.3 Å². The molecule has 6 N–H and O–H groups in total. The maximum atomic E-state index is 14.2. The van der Waals surface area contributed by atoms with Crippen molar-refractivity contribution in [3.8, 4) is 34.2 Å². The Hall–Kier alpha value is -8.73. The van der Waals surface area contributed by atoms with Crippen LogP contribution in [0.5, 0.6) is 0 Å². The Morgan fingerprint density at radius 2 is 0.944 bits per heavy atom. The van der Waals surface area contributed by atoms with E-state index in [0.29, 0.717) is 79.8 Å². The van der Waals surface area contributed by atoms with E-state index < -0.39 is 33.4 Å². The molecule has 12 aromatic rings. The molecule has 0 spiro atoms. The molecule has 3 aromatic heterocycles. The third-order valence-corrected chi connectivity index (χ3v) is 12.0. The molecule has 0 saturated carbocycles. The van der Waals surface area contributed by atoms with E-state index in [2.05, 4.69) is 68.9 Å². The molecule has 0 unspecified atom stereocenters. The van der Waals surface area contributed by atoms with Crippen LogP contribution in [0.2, 0.25) is 5.15 Å². The van der Waals surface area contributed by atoms with Gasteiger partial charge in [-0.15, -0.1) is 12.6 Å². The summed E-state index contributed by atoms with van der Waals surface area (Å²) >= 11 is 19.9. The van der Waals surface area contributed by atoms with E-state index in [4.69, 9.17) is 35.7 Å². The number of hydrogen-bond donors (Lipinski definition) is 4. The van der Waals surface area contributed by atoms with Crippen LogP contribution in [0.4, 0.5) is 29.1 Å². The molecule has 12 rings (SSSR count). The number of halogens is 8. The number of nitrogens with one attached hydrogen (secondary N) is 2. The van der Waals surface area contributed by atoms with Gasteiger partial charge in [0.2, 0.25) is 0 Å². The number of fused-ring (bicyclic) bond motifs is 3. The van der Waals surface area contributed by atoms with Crippen LogP contribution >= 0.6 is 50.5 Å². The molecule has 0 aliphatic rings. The molecule has 0 saturated heterocycles. The second kappa shape index (κ2) is 36.1. The third-order valence-electron chi connectivity index (χ3n) is 11.7. The number of nitrogens with two attached hydrogens (primary N) is 2. The zero-order valence-corrected chi connectivity index (χ0v) is 53.5. The molecule has 0 atom stereocenters. The molecule has 16 nitrogen and oxygen atoms in total. The summed E-state index contributed by atoms with van der Waals surface area (Å²) in [6.45, 7) is 0.637. The van der Waals surface area contributed by atoms with E-state index in [9.17, 15) is 36.5 Å². The number of rotatable bonds is 8. The molecular weight excluding hydrogens is 1300 g/mol. The monoisotopic (exact) mass is 1340 g/mol. The average Bonchev–Trinajstić information content (AvgIpc) is 0.874. The van der Waals surface area contributed by atoms with E-state index in [-0.39, 0.29) is 59.6 Å². The molecule has 0 radical (unpaired) electrons. The van der Waals surface area contributed by atoms with E-state index in [1.54, 1.807) is 115 Å².